The van der Waals surface area contributed by atoms with Gasteiger partial charge in [-0.3, -0.25) is 0 Å². The van der Waals surface area contributed by atoms with Crippen molar-refractivity contribution < 1.29 is 0 Å². The molecule has 4 aliphatic rings. The Kier molecular flexibility index (Phi) is 2.69. The number of rotatable bonds is 2. The van der Waals surface area contributed by atoms with E-state index in [9.17, 15) is 0 Å². The van der Waals surface area contributed by atoms with Crippen LogP contribution in [0.2, 0.25) is 0 Å². The lowest BCUT2D eigenvalue weighted by atomic mass is 9.92. The molecule has 4 fully saturated rings. The number of hydrogen-bond donors (Lipinski definition) is 1. The van der Waals surface area contributed by atoms with Crippen LogP contribution in [-0.4, -0.2) is 36.1 Å². The third-order valence-electron chi connectivity index (χ3n) is 5.85. The molecule has 2 heteroatoms. The fourth-order valence-corrected chi connectivity index (χ4v) is 4.80. The van der Waals surface area contributed by atoms with E-state index in [0.717, 1.165) is 30.0 Å². The minimum atomic E-state index is 0.846. The second-order valence-electron chi connectivity index (χ2n) is 6.92. The van der Waals surface area contributed by atoms with E-state index in [-0.39, 0.29) is 0 Å². The van der Waals surface area contributed by atoms with Crippen molar-refractivity contribution in [1.82, 2.24) is 10.2 Å². The van der Waals surface area contributed by atoms with E-state index < -0.39 is 0 Å². The molecule has 5 atom stereocenters. The Hall–Kier alpha value is -0.0800. The summed E-state index contributed by atoms with van der Waals surface area (Å²) >= 11 is 0. The monoisotopic (exact) mass is 234 g/mol. The van der Waals surface area contributed by atoms with Crippen LogP contribution >= 0.6 is 0 Å². The molecule has 0 aromatic heterocycles. The summed E-state index contributed by atoms with van der Waals surface area (Å²) in [5.74, 6) is 2.19. The molecule has 2 saturated heterocycles. The largest absolute Gasteiger partial charge is 0.311 e. The lowest BCUT2D eigenvalue weighted by molar-refractivity contribution is 0.154. The molecule has 96 valence electrons. The Balaban J connectivity index is 1.33. The highest BCUT2D eigenvalue weighted by atomic mass is 15.2. The molecule has 2 aliphatic heterocycles. The van der Waals surface area contributed by atoms with E-state index in [0.29, 0.717) is 0 Å². The third-order valence-corrected chi connectivity index (χ3v) is 5.85. The average Bonchev–Trinajstić information content (AvgIpc) is 3.00. The number of hydrogen-bond acceptors (Lipinski definition) is 2. The van der Waals surface area contributed by atoms with Gasteiger partial charge in [-0.05, 0) is 63.5 Å². The lowest BCUT2D eigenvalue weighted by Crippen LogP contribution is -2.49. The van der Waals surface area contributed by atoms with Crippen LogP contribution < -0.4 is 5.32 Å². The van der Waals surface area contributed by atoms with Crippen molar-refractivity contribution in [1.29, 1.82) is 0 Å². The van der Waals surface area contributed by atoms with E-state index in [4.69, 9.17) is 0 Å². The number of piperidine rings is 1. The quantitative estimate of drug-likeness (QED) is 0.789. The van der Waals surface area contributed by atoms with Gasteiger partial charge in [0.2, 0.25) is 0 Å². The molecule has 2 aliphatic carbocycles. The van der Waals surface area contributed by atoms with Crippen LogP contribution in [-0.2, 0) is 0 Å². The van der Waals surface area contributed by atoms with Crippen molar-refractivity contribution in [2.24, 2.45) is 11.8 Å². The first kappa shape index (κ1) is 10.8. The lowest BCUT2D eigenvalue weighted by Gasteiger charge is -2.38. The summed E-state index contributed by atoms with van der Waals surface area (Å²) in [6.45, 7) is 2.74. The van der Waals surface area contributed by atoms with Crippen LogP contribution in [0.1, 0.15) is 51.4 Å². The van der Waals surface area contributed by atoms with E-state index in [1.54, 1.807) is 6.42 Å². The van der Waals surface area contributed by atoms with Crippen molar-refractivity contribution in [3.63, 3.8) is 0 Å². The van der Waals surface area contributed by atoms with Crippen LogP contribution in [0.25, 0.3) is 0 Å². The zero-order chi connectivity index (χ0) is 11.2. The molecule has 2 heterocycles. The van der Waals surface area contributed by atoms with Gasteiger partial charge in [0, 0.05) is 18.1 Å². The van der Waals surface area contributed by atoms with Gasteiger partial charge in [-0.25, -0.2) is 0 Å². The van der Waals surface area contributed by atoms with Crippen molar-refractivity contribution >= 4 is 0 Å². The second kappa shape index (κ2) is 4.24. The van der Waals surface area contributed by atoms with Crippen molar-refractivity contribution in [2.45, 2.75) is 69.5 Å². The molecule has 4 rings (SSSR count). The molecule has 0 aromatic carbocycles. The molecule has 0 amide bonds. The van der Waals surface area contributed by atoms with Crippen LogP contribution in [0.5, 0.6) is 0 Å². The Morgan fingerprint density at radius 3 is 2.88 bits per heavy atom. The van der Waals surface area contributed by atoms with Crippen LogP contribution in [0.3, 0.4) is 0 Å². The van der Waals surface area contributed by atoms with Crippen LogP contribution in [0.15, 0.2) is 0 Å². The van der Waals surface area contributed by atoms with E-state index >= 15 is 0 Å². The normalized spacial score (nSPS) is 49.8. The smallest absolute Gasteiger partial charge is 0.0111 e. The molecular weight excluding hydrogens is 208 g/mol. The molecule has 17 heavy (non-hydrogen) atoms. The molecule has 0 spiro atoms. The van der Waals surface area contributed by atoms with Gasteiger partial charge in [-0.2, -0.15) is 0 Å². The number of fused-ring (bicyclic) bond motifs is 2. The summed E-state index contributed by atoms with van der Waals surface area (Å²) in [5.41, 5.74) is 0. The highest BCUT2D eigenvalue weighted by molar-refractivity contribution is 5.00. The Labute approximate surface area is 105 Å². The van der Waals surface area contributed by atoms with Crippen LogP contribution in [0, 0.1) is 11.8 Å². The molecule has 0 radical (unpaired) electrons. The molecule has 0 bridgehead atoms. The molecule has 2 saturated carbocycles. The summed E-state index contributed by atoms with van der Waals surface area (Å²) in [4.78, 5) is 2.74. The van der Waals surface area contributed by atoms with Gasteiger partial charge in [0.05, 0.1) is 0 Å². The summed E-state index contributed by atoms with van der Waals surface area (Å²) in [6, 6.07) is 2.67. The Morgan fingerprint density at radius 2 is 1.88 bits per heavy atom. The maximum absolute atomic E-state index is 4.04. The fourth-order valence-electron chi connectivity index (χ4n) is 4.80. The second-order valence-corrected chi connectivity index (χ2v) is 6.92. The number of nitrogens with zero attached hydrogens (tertiary/aromatic N) is 1. The van der Waals surface area contributed by atoms with Gasteiger partial charge in [0.1, 0.15) is 0 Å². The van der Waals surface area contributed by atoms with Crippen molar-refractivity contribution in [2.75, 3.05) is 13.1 Å². The minimum absolute atomic E-state index is 0.846. The van der Waals surface area contributed by atoms with E-state index in [1.165, 1.54) is 58.0 Å². The zero-order valence-corrected chi connectivity index (χ0v) is 10.9. The highest BCUT2D eigenvalue weighted by Crippen LogP contribution is 2.49. The molecular formula is C15H26N2. The van der Waals surface area contributed by atoms with Gasteiger partial charge in [0.25, 0.3) is 0 Å². The summed E-state index contributed by atoms with van der Waals surface area (Å²) in [6.07, 6.45) is 11.8. The van der Waals surface area contributed by atoms with Gasteiger partial charge in [0.15, 0.2) is 0 Å². The van der Waals surface area contributed by atoms with Gasteiger partial charge >= 0.3 is 0 Å². The first-order chi connectivity index (χ1) is 8.40. The predicted molar refractivity (Wildman–Crippen MR) is 70.0 cm³/mol. The van der Waals surface area contributed by atoms with Crippen LogP contribution in [0.4, 0.5) is 0 Å². The van der Waals surface area contributed by atoms with Gasteiger partial charge in [-0.1, -0.05) is 12.8 Å². The first-order valence-electron chi connectivity index (χ1n) is 7.90. The summed E-state index contributed by atoms with van der Waals surface area (Å²) in [5, 5.41) is 4.04. The predicted octanol–water partition coefficient (Wildman–Crippen LogP) is 2.39. The zero-order valence-electron chi connectivity index (χ0n) is 10.9. The van der Waals surface area contributed by atoms with Gasteiger partial charge < -0.3 is 10.2 Å². The molecule has 3 unspecified atom stereocenters. The van der Waals surface area contributed by atoms with E-state index in [2.05, 4.69) is 10.2 Å². The summed E-state index contributed by atoms with van der Waals surface area (Å²) < 4.78 is 0. The van der Waals surface area contributed by atoms with Gasteiger partial charge in [-0.15, -0.1) is 0 Å². The average molecular weight is 234 g/mol. The standard InChI is InChI=1S/C15H26N2/c1-3-11-9-14(11)15(5-1)16-12-6-8-17-7-2-4-13(17)10-12/h11-16H,1-10H2/t11-,12?,13?,14+,15?/m0/s1. The van der Waals surface area contributed by atoms with Crippen molar-refractivity contribution in [3.8, 4) is 0 Å². The fraction of sp³-hybridized carbons (Fsp3) is 1.00. The number of nitrogens with one attached hydrogen (secondary N) is 1. The maximum atomic E-state index is 4.04. The molecule has 2 nitrogen and oxygen atoms in total. The highest BCUT2D eigenvalue weighted by Gasteiger charge is 2.46. The van der Waals surface area contributed by atoms with E-state index in [1.807, 2.05) is 0 Å². The minimum Gasteiger partial charge on any atom is -0.311 e. The Morgan fingerprint density at radius 1 is 0.882 bits per heavy atom. The first-order valence-corrected chi connectivity index (χ1v) is 7.90. The molecule has 0 aromatic rings. The SMILES string of the molecule is C1CC(NC2CCN3CCCC3C2)[C@@H]2C[C@@H]2C1. The van der Waals surface area contributed by atoms with Crippen molar-refractivity contribution in [3.05, 3.63) is 0 Å². The summed E-state index contributed by atoms with van der Waals surface area (Å²) in [7, 11) is 0. The Bertz CT molecular complexity index is 291. The molecule has 1 N–H and O–H groups in total. The maximum Gasteiger partial charge on any atom is 0.0111 e. The topological polar surface area (TPSA) is 15.3 Å². The third kappa shape index (κ3) is 2.04.